The SMILES string of the molecule is CC(C)(C)OC(=O)N1CCC(Nc2ccc(Br)nc2)CC1. The molecule has 1 aliphatic heterocycles. The molecule has 0 aliphatic carbocycles. The lowest BCUT2D eigenvalue weighted by molar-refractivity contribution is 0.0210. The van der Waals surface area contributed by atoms with Gasteiger partial charge in [0, 0.05) is 19.1 Å². The zero-order chi connectivity index (χ0) is 15.5. The fourth-order valence-corrected chi connectivity index (χ4v) is 2.46. The number of hydrogen-bond acceptors (Lipinski definition) is 4. The quantitative estimate of drug-likeness (QED) is 0.822. The van der Waals surface area contributed by atoms with Crippen molar-refractivity contribution >= 4 is 27.7 Å². The first-order chi connectivity index (χ1) is 9.83. The van der Waals surface area contributed by atoms with Crippen LogP contribution in [0, 0.1) is 0 Å². The number of pyridine rings is 1. The molecule has 21 heavy (non-hydrogen) atoms. The third-order valence-electron chi connectivity index (χ3n) is 3.24. The molecule has 0 bridgehead atoms. The van der Waals surface area contributed by atoms with Crippen LogP contribution in [0.2, 0.25) is 0 Å². The van der Waals surface area contributed by atoms with E-state index in [4.69, 9.17) is 4.74 Å². The lowest BCUT2D eigenvalue weighted by Gasteiger charge is -2.34. The Balaban J connectivity index is 1.80. The van der Waals surface area contributed by atoms with Gasteiger partial charge in [-0.15, -0.1) is 0 Å². The molecule has 6 heteroatoms. The molecule has 1 saturated heterocycles. The van der Waals surface area contributed by atoms with Crippen molar-refractivity contribution in [2.75, 3.05) is 18.4 Å². The van der Waals surface area contributed by atoms with Crippen molar-refractivity contribution < 1.29 is 9.53 Å². The second-order valence-corrected chi connectivity index (χ2v) is 7.07. The van der Waals surface area contributed by atoms with Gasteiger partial charge in [-0.2, -0.15) is 0 Å². The molecular formula is C15H22BrN3O2. The van der Waals surface area contributed by atoms with Gasteiger partial charge in [-0.1, -0.05) is 0 Å². The van der Waals surface area contributed by atoms with Crippen LogP contribution in [0.5, 0.6) is 0 Å². The first-order valence-corrected chi connectivity index (χ1v) is 7.99. The summed E-state index contributed by atoms with van der Waals surface area (Å²) in [4.78, 5) is 18.0. The van der Waals surface area contributed by atoms with Gasteiger partial charge < -0.3 is 15.0 Å². The maximum Gasteiger partial charge on any atom is 0.410 e. The van der Waals surface area contributed by atoms with Crippen LogP contribution in [0.4, 0.5) is 10.5 Å². The molecule has 1 N–H and O–H groups in total. The highest BCUT2D eigenvalue weighted by atomic mass is 79.9. The van der Waals surface area contributed by atoms with Crippen molar-refractivity contribution in [3.8, 4) is 0 Å². The molecule has 0 spiro atoms. The number of likely N-dealkylation sites (tertiary alicyclic amines) is 1. The van der Waals surface area contributed by atoms with Crippen molar-refractivity contribution in [3.63, 3.8) is 0 Å². The third-order valence-corrected chi connectivity index (χ3v) is 3.71. The van der Waals surface area contributed by atoms with Crippen molar-refractivity contribution in [1.82, 2.24) is 9.88 Å². The standard InChI is InChI=1S/C15H22BrN3O2/c1-15(2,3)21-14(20)19-8-6-11(7-9-19)18-12-4-5-13(16)17-10-12/h4-5,10-11,18H,6-9H2,1-3H3. The Kier molecular flexibility index (Phi) is 5.08. The molecule has 1 amide bonds. The summed E-state index contributed by atoms with van der Waals surface area (Å²) in [7, 11) is 0. The van der Waals surface area contributed by atoms with Crippen LogP contribution in [-0.4, -0.2) is 40.7 Å². The van der Waals surface area contributed by atoms with E-state index in [-0.39, 0.29) is 6.09 Å². The van der Waals surface area contributed by atoms with Gasteiger partial charge in [0.2, 0.25) is 0 Å². The molecule has 0 unspecified atom stereocenters. The van der Waals surface area contributed by atoms with Crippen molar-refractivity contribution in [3.05, 3.63) is 22.9 Å². The van der Waals surface area contributed by atoms with Gasteiger partial charge in [0.1, 0.15) is 10.2 Å². The number of hydrogen-bond donors (Lipinski definition) is 1. The van der Waals surface area contributed by atoms with Crippen LogP contribution in [-0.2, 0) is 4.74 Å². The minimum atomic E-state index is -0.435. The van der Waals surface area contributed by atoms with Gasteiger partial charge >= 0.3 is 6.09 Å². The Hall–Kier alpha value is -1.30. The second-order valence-electron chi connectivity index (χ2n) is 6.26. The molecular weight excluding hydrogens is 334 g/mol. The summed E-state index contributed by atoms with van der Waals surface area (Å²) < 4.78 is 6.22. The summed E-state index contributed by atoms with van der Waals surface area (Å²) >= 11 is 3.32. The molecule has 0 aromatic carbocycles. The Morgan fingerprint density at radius 3 is 2.57 bits per heavy atom. The Labute approximate surface area is 134 Å². The zero-order valence-electron chi connectivity index (χ0n) is 12.7. The Bertz CT molecular complexity index is 477. The predicted octanol–water partition coefficient (Wildman–Crippen LogP) is 3.66. The molecule has 2 rings (SSSR count). The topological polar surface area (TPSA) is 54.5 Å². The maximum atomic E-state index is 12.0. The zero-order valence-corrected chi connectivity index (χ0v) is 14.3. The molecule has 0 atom stereocenters. The number of ether oxygens (including phenoxy) is 1. The van der Waals surface area contributed by atoms with Crippen LogP contribution < -0.4 is 5.32 Å². The monoisotopic (exact) mass is 355 g/mol. The van der Waals surface area contributed by atoms with Gasteiger partial charge in [0.05, 0.1) is 11.9 Å². The molecule has 116 valence electrons. The van der Waals surface area contributed by atoms with Crippen molar-refractivity contribution in [1.29, 1.82) is 0 Å². The lowest BCUT2D eigenvalue weighted by Crippen LogP contribution is -2.44. The van der Waals surface area contributed by atoms with E-state index in [2.05, 4.69) is 26.2 Å². The summed E-state index contributed by atoms with van der Waals surface area (Å²) in [6.07, 6.45) is 3.42. The fourth-order valence-electron chi connectivity index (χ4n) is 2.23. The number of piperidine rings is 1. The Morgan fingerprint density at radius 1 is 1.38 bits per heavy atom. The molecule has 1 aliphatic rings. The van der Waals surface area contributed by atoms with E-state index in [9.17, 15) is 4.79 Å². The highest BCUT2D eigenvalue weighted by Crippen LogP contribution is 2.19. The number of nitrogens with zero attached hydrogens (tertiary/aromatic N) is 2. The second kappa shape index (κ2) is 6.64. The average molecular weight is 356 g/mol. The van der Waals surface area contributed by atoms with E-state index in [0.29, 0.717) is 6.04 Å². The average Bonchev–Trinajstić information content (AvgIpc) is 2.40. The van der Waals surface area contributed by atoms with E-state index in [1.807, 2.05) is 39.1 Å². The summed E-state index contributed by atoms with van der Waals surface area (Å²) in [6.45, 7) is 7.10. The molecule has 1 aromatic rings. The van der Waals surface area contributed by atoms with E-state index in [0.717, 1.165) is 36.2 Å². The van der Waals surface area contributed by atoms with Gasteiger partial charge in [0.25, 0.3) is 0 Å². The molecule has 0 saturated carbocycles. The van der Waals surface area contributed by atoms with Crippen LogP contribution >= 0.6 is 15.9 Å². The normalized spacial score (nSPS) is 16.7. The van der Waals surface area contributed by atoms with Crippen LogP contribution in [0.3, 0.4) is 0 Å². The van der Waals surface area contributed by atoms with E-state index in [1.54, 1.807) is 4.90 Å². The first-order valence-electron chi connectivity index (χ1n) is 7.19. The van der Waals surface area contributed by atoms with E-state index in [1.165, 1.54) is 0 Å². The lowest BCUT2D eigenvalue weighted by atomic mass is 10.1. The number of anilines is 1. The smallest absolute Gasteiger partial charge is 0.410 e. The number of aromatic nitrogens is 1. The largest absolute Gasteiger partial charge is 0.444 e. The van der Waals surface area contributed by atoms with Gasteiger partial charge in [0.15, 0.2) is 0 Å². The first kappa shape index (κ1) is 16.1. The van der Waals surface area contributed by atoms with E-state index < -0.39 is 5.60 Å². The summed E-state index contributed by atoms with van der Waals surface area (Å²) in [5, 5.41) is 3.45. The Morgan fingerprint density at radius 2 is 2.05 bits per heavy atom. The minimum Gasteiger partial charge on any atom is -0.444 e. The van der Waals surface area contributed by atoms with E-state index >= 15 is 0 Å². The molecule has 1 aromatic heterocycles. The number of carbonyl (C=O) groups is 1. The number of halogens is 1. The van der Waals surface area contributed by atoms with Crippen LogP contribution in [0.1, 0.15) is 33.6 Å². The summed E-state index contributed by atoms with van der Waals surface area (Å²) in [5.74, 6) is 0. The molecule has 0 radical (unpaired) electrons. The van der Waals surface area contributed by atoms with Gasteiger partial charge in [-0.25, -0.2) is 9.78 Å². The molecule has 5 nitrogen and oxygen atoms in total. The van der Waals surface area contributed by atoms with Crippen LogP contribution in [0.15, 0.2) is 22.9 Å². The highest BCUT2D eigenvalue weighted by Gasteiger charge is 2.26. The van der Waals surface area contributed by atoms with Gasteiger partial charge in [-0.3, -0.25) is 0 Å². The number of rotatable bonds is 2. The van der Waals surface area contributed by atoms with Crippen molar-refractivity contribution in [2.45, 2.75) is 45.3 Å². The van der Waals surface area contributed by atoms with Crippen LogP contribution in [0.25, 0.3) is 0 Å². The highest BCUT2D eigenvalue weighted by molar-refractivity contribution is 9.10. The maximum absolute atomic E-state index is 12.0. The third kappa shape index (κ3) is 5.19. The number of carbonyl (C=O) groups excluding carboxylic acids is 1. The summed E-state index contributed by atoms with van der Waals surface area (Å²) in [5.41, 5.74) is 0.573. The minimum absolute atomic E-state index is 0.216. The number of nitrogens with one attached hydrogen (secondary N) is 1. The fraction of sp³-hybridized carbons (Fsp3) is 0.600. The van der Waals surface area contributed by atoms with Crippen molar-refractivity contribution in [2.24, 2.45) is 0 Å². The number of amides is 1. The molecule has 1 fully saturated rings. The summed E-state index contributed by atoms with van der Waals surface area (Å²) in [6, 6.07) is 4.28. The van der Waals surface area contributed by atoms with Gasteiger partial charge in [-0.05, 0) is 61.7 Å². The molecule has 2 heterocycles. The predicted molar refractivity (Wildman–Crippen MR) is 86.4 cm³/mol.